The van der Waals surface area contributed by atoms with E-state index in [2.05, 4.69) is 22.5 Å². The van der Waals surface area contributed by atoms with E-state index in [0.717, 1.165) is 18.5 Å². The van der Waals surface area contributed by atoms with Gasteiger partial charge >= 0.3 is 0 Å². The number of aromatic nitrogens is 2. The second-order valence-corrected chi connectivity index (χ2v) is 6.60. The smallest absolute Gasteiger partial charge is 0.229 e. The van der Waals surface area contributed by atoms with Crippen molar-refractivity contribution in [2.45, 2.75) is 25.7 Å². The Kier molecular flexibility index (Phi) is 3.59. The highest BCUT2D eigenvalue weighted by molar-refractivity contribution is 6.03. The summed E-state index contributed by atoms with van der Waals surface area (Å²) in [5.74, 6) is -0.440. The lowest BCUT2D eigenvalue weighted by Crippen LogP contribution is -2.28. The molecule has 0 radical (unpaired) electrons. The molecule has 0 unspecified atom stereocenters. The maximum Gasteiger partial charge on any atom is 0.229 e. The summed E-state index contributed by atoms with van der Waals surface area (Å²) in [6.07, 6.45) is 6.99. The third kappa shape index (κ3) is 2.68. The van der Waals surface area contributed by atoms with Crippen molar-refractivity contribution in [1.82, 2.24) is 9.78 Å². The average Bonchev–Trinajstić information content (AvgIpc) is 3.26. The number of rotatable bonds is 3. The Morgan fingerprint density at radius 3 is 2.92 bits per heavy atom. The molecule has 1 saturated heterocycles. The number of fused-ring (bicyclic) bond motifs is 1. The molecule has 0 spiro atoms. The van der Waals surface area contributed by atoms with Gasteiger partial charge in [-0.3, -0.25) is 14.3 Å². The van der Waals surface area contributed by atoms with Crippen molar-refractivity contribution in [3.05, 3.63) is 41.7 Å². The fraction of sp³-hybridized carbons (Fsp3) is 0.389. The first-order valence-corrected chi connectivity index (χ1v) is 8.32. The highest BCUT2D eigenvalue weighted by atomic mass is 16.2. The fourth-order valence-corrected chi connectivity index (χ4v) is 3.59. The van der Waals surface area contributed by atoms with Crippen molar-refractivity contribution in [3.8, 4) is 0 Å². The second kappa shape index (κ2) is 5.78. The van der Waals surface area contributed by atoms with E-state index in [-0.39, 0.29) is 24.2 Å². The van der Waals surface area contributed by atoms with Crippen LogP contribution in [0.4, 0.5) is 11.4 Å². The Morgan fingerprint density at radius 2 is 2.12 bits per heavy atom. The molecule has 2 heterocycles. The molecule has 1 aliphatic heterocycles. The highest BCUT2D eigenvalue weighted by Gasteiger charge is 2.35. The van der Waals surface area contributed by atoms with Crippen molar-refractivity contribution in [2.24, 2.45) is 13.0 Å². The van der Waals surface area contributed by atoms with E-state index in [9.17, 15) is 9.59 Å². The maximum absolute atomic E-state index is 12.4. The van der Waals surface area contributed by atoms with Crippen LogP contribution in [0, 0.1) is 5.92 Å². The van der Waals surface area contributed by atoms with E-state index >= 15 is 0 Å². The van der Waals surface area contributed by atoms with Crippen LogP contribution in [0.15, 0.2) is 30.6 Å². The quantitative estimate of drug-likeness (QED) is 0.938. The number of anilines is 2. The van der Waals surface area contributed by atoms with Gasteiger partial charge in [0.25, 0.3) is 0 Å². The SMILES string of the molecule is Cn1cc(NC(=O)[C@H]2CC(=O)N(c3ccc4c(c3)CCC4)C2)cn1. The van der Waals surface area contributed by atoms with Crippen LogP contribution in [-0.2, 0) is 29.5 Å². The molecule has 24 heavy (non-hydrogen) atoms. The zero-order chi connectivity index (χ0) is 16.7. The second-order valence-electron chi connectivity index (χ2n) is 6.60. The normalized spacial score (nSPS) is 19.6. The number of nitrogens with one attached hydrogen (secondary N) is 1. The molecule has 2 aliphatic rings. The van der Waals surface area contributed by atoms with Gasteiger partial charge in [-0.2, -0.15) is 5.10 Å². The number of benzene rings is 1. The number of hydrogen-bond donors (Lipinski definition) is 1. The molecule has 1 fully saturated rings. The number of carbonyl (C=O) groups excluding carboxylic acids is 2. The van der Waals surface area contributed by atoms with Crippen LogP contribution in [0.5, 0.6) is 0 Å². The summed E-state index contributed by atoms with van der Waals surface area (Å²) in [6, 6.07) is 6.24. The minimum atomic E-state index is -0.328. The van der Waals surface area contributed by atoms with Gasteiger partial charge in [0, 0.05) is 31.9 Å². The van der Waals surface area contributed by atoms with E-state index in [1.165, 1.54) is 17.5 Å². The molecule has 1 aromatic heterocycles. The van der Waals surface area contributed by atoms with Crippen LogP contribution in [0.25, 0.3) is 0 Å². The van der Waals surface area contributed by atoms with Crippen LogP contribution in [0.3, 0.4) is 0 Å². The van der Waals surface area contributed by atoms with Gasteiger partial charge in [-0.15, -0.1) is 0 Å². The van der Waals surface area contributed by atoms with Crippen molar-refractivity contribution in [2.75, 3.05) is 16.8 Å². The monoisotopic (exact) mass is 324 g/mol. The summed E-state index contributed by atoms with van der Waals surface area (Å²) in [5.41, 5.74) is 4.29. The molecule has 0 saturated carbocycles. The lowest BCUT2D eigenvalue weighted by Gasteiger charge is -2.18. The van der Waals surface area contributed by atoms with Crippen LogP contribution < -0.4 is 10.2 Å². The number of carbonyl (C=O) groups is 2. The zero-order valence-electron chi connectivity index (χ0n) is 13.7. The van der Waals surface area contributed by atoms with Crippen LogP contribution >= 0.6 is 0 Å². The van der Waals surface area contributed by atoms with Crippen LogP contribution in [0.1, 0.15) is 24.0 Å². The van der Waals surface area contributed by atoms with Gasteiger partial charge in [-0.05, 0) is 42.5 Å². The van der Waals surface area contributed by atoms with Crippen LogP contribution in [-0.4, -0.2) is 28.1 Å². The Labute approximate surface area is 140 Å². The third-order valence-electron chi connectivity index (χ3n) is 4.86. The molecule has 6 heteroatoms. The van der Waals surface area contributed by atoms with E-state index in [1.54, 1.807) is 29.0 Å². The van der Waals surface area contributed by atoms with Crippen molar-refractivity contribution in [3.63, 3.8) is 0 Å². The van der Waals surface area contributed by atoms with Crippen molar-refractivity contribution in [1.29, 1.82) is 0 Å². The predicted octanol–water partition coefficient (Wildman–Crippen LogP) is 1.90. The number of amides is 2. The standard InChI is InChI=1S/C18H20N4O2/c1-21-11-15(9-19-21)20-18(24)14-8-17(23)22(10-14)16-6-5-12-3-2-4-13(12)7-16/h5-7,9,11,14H,2-4,8,10H2,1H3,(H,20,24)/t14-/m0/s1. The summed E-state index contributed by atoms with van der Waals surface area (Å²) < 4.78 is 1.63. The first-order valence-electron chi connectivity index (χ1n) is 8.32. The predicted molar refractivity (Wildman–Crippen MR) is 90.8 cm³/mol. The van der Waals surface area contributed by atoms with Crippen LogP contribution in [0.2, 0.25) is 0 Å². The molecule has 1 aromatic carbocycles. The van der Waals surface area contributed by atoms with Gasteiger partial charge < -0.3 is 10.2 Å². The highest BCUT2D eigenvalue weighted by Crippen LogP contribution is 2.30. The topological polar surface area (TPSA) is 67.2 Å². The minimum Gasteiger partial charge on any atom is -0.323 e. The Hall–Kier alpha value is -2.63. The lowest BCUT2D eigenvalue weighted by molar-refractivity contribution is -0.122. The molecule has 1 atom stereocenters. The molecule has 1 N–H and O–H groups in total. The van der Waals surface area contributed by atoms with E-state index in [4.69, 9.17) is 0 Å². The van der Waals surface area contributed by atoms with Crippen molar-refractivity contribution < 1.29 is 9.59 Å². The molecule has 4 rings (SSSR count). The average molecular weight is 324 g/mol. The molecular weight excluding hydrogens is 304 g/mol. The molecule has 124 valence electrons. The summed E-state index contributed by atoms with van der Waals surface area (Å²) in [6.45, 7) is 0.434. The summed E-state index contributed by atoms with van der Waals surface area (Å²) in [7, 11) is 1.80. The van der Waals surface area contributed by atoms with Gasteiger partial charge in [-0.25, -0.2) is 0 Å². The fourth-order valence-electron chi connectivity index (χ4n) is 3.59. The van der Waals surface area contributed by atoms with Gasteiger partial charge in [0.1, 0.15) is 0 Å². The lowest BCUT2D eigenvalue weighted by atomic mass is 10.1. The zero-order valence-corrected chi connectivity index (χ0v) is 13.7. The number of hydrogen-bond acceptors (Lipinski definition) is 3. The largest absolute Gasteiger partial charge is 0.323 e. The van der Waals surface area contributed by atoms with E-state index in [1.807, 2.05) is 6.07 Å². The molecule has 1 aliphatic carbocycles. The molecular formula is C18H20N4O2. The number of aryl methyl sites for hydroxylation is 3. The minimum absolute atomic E-state index is 0.0132. The van der Waals surface area contributed by atoms with Gasteiger partial charge in [-0.1, -0.05) is 6.07 Å². The van der Waals surface area contributed by atoms with E-state index < -0.39 is 0 Å². The first kappa shape index (κ1) is 14.9. The Morgan fingerprint density at radius 1 is 1.29 bits per heavy atom. The summed E-state index contributed by atoms with van der Waals surface area (Å²) in [4.78, 5) is 26.5. The van der Waals surface area contributed by atoms with Gasteiger partial charge in [0.2, 0.25) is 11.8 Å². The number of nitrogens with zero attached hydrogens (tertiary/aromatic N) is 3. The summed E-state index contributed by atoms with van der Waals surface area (Å²) >= 11 is 0. The molecule has 2 aromatic rings. The van der Waals surface area contributed by atoms with Gasteiger partial charge in [0.05, 0.1) is 17.8 Å². The molecule has 0 bridgehead atoms. The van der Waals surface area contributed by atoms with Crippen molar-refractivity contribution >= 4 is 23.2 Å². The summed E-state index contributed by atoms with van der Waals surface area (Å²) in [5, 5.41) is 6.87. The Balaban J connectivity index is 1.47. The third-order valence-corrected chi connectivity index (χ3v) is 4.86. The van der Waals surface area contributed by atoms with Gasteiger partial charge in [0.15, 0.2) is 0 Å². The molecule has 6 nitrogen and oxygen atoms in total. The molecule has 2 amide bonds. The first-order chi connectivity index (χ1) is 11.6. The Bertz CT molecular complexity index is 811. The maximum atomic E-state index is 12.4. The van der Waals surface area contributed by atoms with E-state index in [0.29, 0.717) is 12.2 Å².